The maximum absolute atomic E-state index is 14.8. The molecule has 2 N–H and O–H groups in total. The van der Waals surface area contributed by atoms with E-state index in [1.54, 1.807) is 19.1 Å². The number of nitrogens with two attached hydrogens (primary N) is 1. The summed E-state index contributed by atoms with van der Waals surface area (Å²) in [5, 5.41) is 0. The maximum Gasteiger partial charge on any atom is 0.135 e. The van der Waals surface area contributed by atoms with Crippen LogP contribution in [0.15, 0.2) is 72.8 Å². The number of nitrogens with zero attached hydrogens (tertiary/aromatic N) is 1. The summed E-state index contributed by atoms with van der Waals surface area (Å²) in [7, 11) is 2.04. The average molecular weight is 334 g/mol. The second-order valence-electron chi connectivity index (χ2n) is 6.39. The summed E-state index contributed by atoms with van der Waals surface area (Å²) in [6.45, 7) is 2.60. The molecule has 0 spiro atoms. The van der Waals surface area contributed by atoms with Crippen LogP contribution in [0.25, 0.3) is 11.1 Å². The molecule has 2 nitrogen and oxygen atoms in total. The molecule has 25 heavy (non-hydrogen) atoms. The number of hydrogen-bond acceptors (Lipinski definition) is 2. The monoisotopic (exact) mass is 334 g/mol. The minimum absolute atomic E-state index is 0.236. The van der Waals surface area contributed by atoms with Gasteiger partial charge in [0, 0.05) is 36.4 Å². The highest BCUT2D eigenvalue weighted by molar-refractivity contribution is 5.70. The molecule has 3 aromatic carbocycles. The summed E-state index contributed by atoms with van der Waals surface area (Å²) in [6.07, 6.45) is 0. The molecule has 3 aromatic rings. The Morgan fingerprint density at radius 3 is 2.40 bits per heavy atom. The van der Waals surface area contributed by atoms with Crippen molar-refractivity contribution in [2.75, 3.05) is 11.9 Å². The molecule has 0 aromatic heterocycles. The first kappa shape index (κ1) is 17.2. The third-order valence-corrected chi connectivity index (χ3v) is 4.38. The zero-order valence-electron chi connectivity index (χ0n) is 14.6. The summed E-state index contributed by atoms with van der Waals surface area (Å²) in [5.41, 5.74) is 10.2. The molecule has 0 amide bonds. The van der Waals surface area contributed by atoms with Crippen molar-refractivity contribution in [3.63, 3.8) is 0 Å². The van der Waals surface area contributed by atoms with Crippen LogP contribution < -0.4 is 10.6 Å². The number of anilines is 1. The van der Waals surface area contributed by atoms with Crippen LogP contribution in [0.3, 0.4) is 0 Å². The van der Waals surface area contributed by atoms with E-state index in [9.17, 15) is 4.39 Å². The zero-order chi connectivity index (χ0) is 17.8. The van der Waals surface area contributed by atoms with Gasteiger partial charge < -0.3 is 10.6 Å². The molecule has 0 bridgehead atoms. The van der Waals surface area contributed by atoms with Crippen molar-refractivity contribution >= 4 is 5.69 Å². The van der Waals surface area contributed by atoms with E-state index in [1.165, 1.54) is 5.56 Å². The molecule has 1 atom stereocenters. The van der Waals surface area contributed by atoms with Gasteiger partial charge in [-0.05, 0) is 30.2 Å². The Labute approximate surface area is 148 Å². The Balaban J connectivity index is 1.91. The van der Waals surface area contributed by atoms with Crippen molar-refractivity contribution in [1.29, 1.82) is 0 Å². The van der Waals surface area contributed by atoms with Crippen LogP contribution in [0.5, 0.6) is 0 Å². The Morgan fingerprint density at radius 1 is 0.960 bits per heavy atom. The van der Waals surface area contributed by atoms with Gasteiger partial charge >= 0.3 is 0 Å². The molecule has 128 valence electrons. The highest BCUT2D eigenvalue weighted by atomic mass is 19.1. The Bertz CT molecular complexity index is 844. The Hall–Kier alpha value is -2.65. The van der Waals surface area contributed by atoms with E-state index in [-0.39, 0.29) is 11.9 Å². The van der Waals surface area contributed by atoms with E-state index in [4.69, 9.17) is 5.73 Å². The first-order chi connectivity index (χ1) is 12.1. The van der Waals surface area contributed by atoms with Gasteiger partial charge in [-0.2, -0.15) is 0 Å². The summed E-state index contributed by atoms with van der Waals surface area (Å²) >= 11 is 0. The number of rotatable bonds is 5. The van der Waals surface area contributed by atoms with Gasteiger partial charge in [-0.25, -0.2) is 4.39 Å². The van der Waals surface area contributed by atoms with Crippen LogP contribution in [0.4, 0.5) is 10.1 Å². The Kier molecular flexibility index (Phi) is 5.15. The number of hydrogen-bond donors (Lipinski definition) is 1. The summed E-state index contributed by atoms with van der Waals surface area (Å²) in [5.74, 6) is -0.236. The smallest absolute Gasteiger partial charge is 0.135 e. The van der Waals surface area contributed by atoms with Gasteiger partial charge in [-0.3, -0.25) is 0 Å². The molecule has 1 unspecified atom stereocenters. The molecule has 0 saturated carbocycles. The SMILES string of the molecule is CC(N)c1cccc(-c2cccc(N(C)Cc3ccccc3)c2)c1F. The van der Waals surface area contributed by atoms with Crippen LogP contribution in [0, 0.1) is 5.82 Å². The molecule has 0 heterocycles. The van der Waals surface area contributed by atoms with Gasteiger partial charge in [0.25, 0.3) is 0 Å². The average Bonchev–Trinajstić information content (AvgIpc) is 2.62. The lowest BCUT2D eigenvalue weighted by atomic mass is 9.99. The standard InChI is InChI=1S/C22H23FN2/c1-16(24)20-12-7-13-21(22(20)23)18-10-6-11-19(14-18)25(2)15-17-8-4-3-5-9-17/h3-14,16H,15,24H2,1-2H3. The fourth-order valence-corrected chi connectivity index (χ4v) is 2.98. The van der Waals surface area contributed by atoms with Crippen molar-refractivity contribution < 1.29 is 4.39 Å². The van der Waals surface area contributed by atoms with E-state index in [0.717, 1.165) is 17.8 Å². The molecule has 0 aliphatic carbocycles. The molecule has 0 aliphatic heterocycles. The lowest BCUT2D eigenvalue weighted by Crippen LogP contribution is -2.16. The van der Waals surface area contributed by atoms with Gasteiger partial charge in [0.2, 0.25) is 0 Å². The molecular weight excluding hydrogens is 311 g/mol. The summed E-state index contributed by atoms with van der Waals surface area (Å²) in [6, 6.07) is 23.3. The molecule has 0 radical (unpaired) electrons. The molecule has 3 heteroatoms. The van der Waals surface area contributed by atoms with Crippen molar-refractivity contribution in [3.05, 3.63) is 89.7 Å². The maximum atomic E-state index is 14.8. The fourth-order valence-electron chi connectivity index (χ4n) is 2.98. The molecule has 3 rings (SSSR count). The Morgan fingerprint density at radius 2 is 1.68 bits per heavy atom. The van der Waals surface area contributed by atoms with Crippen LogP contribution in [0.2, 0.25) is 0 Å². The van der Waals surface area contributed by atoms with Gasteiger partial charge in [-0.15, -0.1) is 0 Å². The van der Waals surface area contributed by atoms with Crippen molar-refractivity contribution in [1.82, 2.24) is 0 Å². The minimum atomic E-state index is -0.330. The van der Waals surface area contributed by atoms with Crippen LogP contribution >= 0.6 is 0 Å². The largest absolute Gasteiger partial charge is 0.370 e. The van der Waals surface area contributed by atoms with Crippen LogP contribution in [0.1, 0.15) is 24.1 Å². The third kappa shape index (κ3) is 3.89. The van der Waals surface area contributed by atoms with E-state index < -0.39 is 0 Å². The predicted molar refractivity (Wildman–Crippen MR) is 103 cm³/mol. The van der Waals surface area contributed by atoms with Crippen LogP contribution in [-0.2, 0) is 6.54 Å². The first-order valence-electron chi connectivity index (χ1n) is 8.46. The van der Waals surface area contributed by atoms with E-state index in [2.05, 4.69) is 17.0 Å². The van der Waals surface area contributed by atoms with E-state index >= 15 is 0 Å². The van der Waals surface area contributed by atoms with Gasteiger partial charge in [-0.1, -0.05) is 60.7 Å². The lowest BCUT2D eigenvalue weighted by Gasteiger charge is -2.20. The predicted octanol–water partition coefficient (Wildman–Crippen LogP) is 5.15. The molecule has 0 fully saturated rings. The zero-order valence-corrected chi connectivity index (χ0v) is 14.6. The highest BCUT2D eigenvalue weighted by Gasteiger charge is 2.13. The van der Waals surface area contributed by atoms with Crippen LogP contribution in [-0.4, -0.2) is 7.05 Å². The van der Waals surface area contributed by atoms with Crippen molar-refractivity contribution in [2.45, 2.75) is 19.5 Å². The number of benzene rings is 3. The highest BCUT2D eigenvalue weighted by Crippen LogP contribution is 2.30. The van der Waals surface area contributed by atoms with Gasteiger partial charge in [0.1, 0.15) is 5.82 Å². The van der Waals surface area contributed by atoms with Gasteiger partial charge in [0.15, 0.2) is 0 Å². The second-order valence-corrected chi connectivity index (χ2v) is 6.39. The second kappa shape index (κ2) is 7.49. The summed E-state index contributed by atoms with van der Waals surface area (Å²) < 4.78 is 14.8. The summed E-state index contributed by atoms with van der Waals surface area (Å²) in [4.78, 5) is 2.16. The lowest BCUT2D eigenvalue weighted by molar-refractivity contribution is 0.597. The third-order valence-electron chi connectivity index (χ3n) is 4.38. The van der Waals surface area contributed by atoms with Gasteiger partial charge in [0.05, 0.1) is 0 Å². The quantitative estimate of drug-likeness (QED) is 0.699. The van der Waals surface area contributed by atoms with Crippen molar-refractivity contribution in [3.8, 4) is 11.1 Å². The van der Waals surface area contributed by atoms with E-state index in [1.807, 2.05) is 55.6 Å². The fraction of sp³-hybridized carbons (Fsp3) is 0.182. The first-order valence-corrected chi connectivity index (χ1v) is 8.46. The number of halogens is 1. The molecule has 0 aliphatic rings. The molecule has 0 saturated heterocycles. The van der Waals surface area contributed by atoms with E-state index in [0.29, 0.717) is 11.1 Å². The molecular formula is C22H23FN2. The topological polar surface area (TPSA) is 29.3 Å². The van der Waals surface area contributed by atoms with Crippen molar-refractivity contribution in [2.24, 2.45) is 5.73 Å². The minimum Gasteiger partial charge on any atom is -0.370 e. The normalized spacial score (nSPS) is 12.0.